The summed E-state index contributed by atoms with van der Waals surface area (Å²) in [6, 6.07) is 16.4. The Morgan fingerprint density at radius 2 is 1.61 bits per heavy atom. The fourth-order valence-corrected chi connectivity index (χ4v) is 5.28. The topological polar surface area (TPSA) is 86.8 Å². The van der Waals surface area contributed by atoms with Gasteiger partial charge in [0.1, 0.15) is 18.4 Å². The molecule has 0 saturated carbocycles. The quantitative estimate of drug-likeness (QED) is 0.424. The molecule has 0 saturated heterocycles. The van der Waals surface area contributed by atoms with Gasteiger partial charge in [-0.05, 0) is 48.9 Å². The van der Waals surface area contributed by atoms with Gasteiger partial charge in [0, 0.05) is 13.6 Å². The molecule has 7 nitrogen and oxygen atoms in total. The van der Waals surface area contributed by atoms with Crippen molar-refractivity contribution in [1.82, 2.24) is 10.2 Å². The molecule has 3 aromatic carbocycles. The molecule has 1 atom stereocenters. The first-order chi connectivity index (χ1) is 17.1. The molecule has 0 spiro atoms. The van der Waals surface area contributed by atoms with Crippen LogP contribution >= 0.6 is 23.2 Å². The molecule has 0 aliphatic heterocycles. The minimum atomic E-state index is -4.34. The van der Waals surface area contributed by atoms with Crippen molar-refractivity contribution in [2.45, 2.75) is 24.4 Å². The van der Waals surface area contributed by atoms with Crippen LogP contribution < -0.4 is 9.62 Å². The van der Waals surface area contributed by atoms with Crippen molar-refractivity contribution in [3.05, 3.63) is 94.2 Å². The summed E-state index contributed by atoms with van der Waals surface area (Å²) in [7, 11) is -2.91. The van der Waals surface area contributed by atoms with Crippen LogP contribution in [0.1, 0.15) is 12.5 Å². The zero-order valence-corrected chi connectivity index (χ0v) is 21.8. The molecule has 3 rings (SSSR count). The van der Waals surface area contributed by atoms with Gasteiger partial charge in [-0.2, -0.15) is 0 Å². The Morgan fingerprint density at radius 1 is 0.972 bits per heavy atom. The van der Waals surface area contributed by atoms with E-state index in [2.05, 4.69) is 5.32 Å². The summed E-state index contributed by atoms with van der Waals surface area (Å²) in [6.45, 7) is 0.690. The first-order valence-electron chi connectivity index (χ1n) is 10.8. The number of anilines is 1. The van der Waals surface area contributed by atoms with E-state index in [0.717, 1.165) is 6.07 Å². The first-order valence-corrected chi connectivity index (χ1v) is 13.0. The van der Waals surface area contributed by atoms with Crippen LogP contribution in [0.3, 0.4) is 0 Å². The number of halogens is 3. The van der Waals surface area contributed by atoms with Gasteiger partial charge in [-0.25, -0.2) is 12.8 Å². The SMILES string of the molecule is CNC(=O)[C@@H](C)N(Cc1ccc(Cl)c(Cl)c1)C(=O)CN(c1ccccc1F)S(=O)(=O)c1ccccc1. The Labute approximate surface area is 219 Å². The van der Waals surface area contributed by atoms with Crippen LogP contribution in [0.25, 0.3) is 0 Å². The number of likely N-dealkylation sites (N-methyl/N-ethyl adjacent to an activating group) is 1. The predicted molar refractivity (Wildman–Crippen MR) is 138 cm³/mol. The van der Waals surface area contributed by atoms with Crippen molar-refractivity contribution < 1.29 is 22.4 Å². The molecule has 0 aromatic heterocycles. The number of sulfonamides is 1. The van der Waals surface area contributed by atoms with Gasteiger partial charge in [-0.1, -0.05) is 59.6 Å². The number of nitrogens with zero attached hydrogens (tertiary/aromatic N) is 2. The Morgan fingerprint density at radius 3 is 2.22 bits per heavy atom. The molecule has 0 unspecified atom stereocenters. The molecule has 0 bridgehead atoms. The fraction of sp³-hybridized carbons (Fsp3) is 0.200. The van der Waals surface area contributed by atoms with Crippen LogP contribution in [0.2, 0.25) is 10.0 Å². The summed E-state index contributed by atoms with van der Waals surface area (Å²) in [4.78, 5) is 27.1. The maximum atomic E-state index is 14.8. The standard InChI is InChI=1S/C25H24Cl2FN3O4S/c1-17(25(33)29-2)30(15-18-12-13-20(26)21(27)14-18)24(32)16-31(23-11-7-6-10-22(23)28)36(34,35)19-8-4-3-5-9-19/h3-14,17H,15-16H2,1-2H3,(H,29,33)/t17-/m1/s1. The van der Waals surface area contributed by atoms with E-state index in [4.69, 9.17) is 23.2 Å². The van der Waals surface area contributed by atoms with E-state index in [1.807, 2.05) is 0 Å². The minimum Gasteiger partial charge on any atom is -0.357 e. The lowest BCUT2D eigenvalue weighted by Crippen LogP contribution is -2.50. The van der Waals surface area contributed by atoms with Crippen LogP contribution in [0.5, 0.6) is 0 Å². The zero-order chi connectivity index (χ0) is 26.5. The van der Waals surface area contributed by atoms with Crippen molar-refractivity contribution in [2.24, 2.45) is 0 Å². The molecule has 190 valence electrons. The summed E-state index contributed by atoms with van der Waals surface area (Å²) in [5.41, 5.74) is 0.272. The Hall–Kier alpha value is -3.14. The average molecular weight is 552 g/mol. The fourth-order valence-electron chi connectivity index (χ4n) is 3.51. The van der Waals surface area contributed by atoms with Gasteiger partial charge in [0.2, 0.25) is 11.8 Å². The van der Waals surface area contributed by atoms with Gasteiger partial charge < -0.3 is 10.2 Å². The lowest BCUT2D eigenvalue weighted by molar-refractivity contribution is -0.139. The van der Waals surface area contributed by atoms with Gasteiger partial charge in [-0.15, -0.1) is 0 Å². The molecule has 0 aliphatic carbocycles. The number of amides is 2. The highest BCUT2D eigenvalue weighted by Gasteiger charge is 2.33. The molecule has 36 heavy (non-hydrogen) atoms. The van der Waals surface area contributed by atoms with Crippen LogP contribution in [-0.2, 0) is 26.2 Å². The second-order valence-electron chi connectivity index (χ2n) is 7.84. The third kappa shape index (κ3) is 6.16. The summed E-state index contributed by atoms with van der Waals surface area (Å²) in [5, 5.41) is 3.06. The number of benzene rings is 3. The molecule has 1 N–H and O–H groups in total. The largest absolute Gasteiger partial charge is 0.357 e. The van der Waals surface area contributed by atoms with Gasteiger partial charge in [-0.3, -0.25) is 13.9 Å². The summed E-state index contributed by atoms with van der Waals surface area (Å²) >= 11 is 12.1. The van der Waals surface area contributed by atoms with Crippen LogP contribution in [0.15, 0.2) is 77.7 Å². The predicted octanol–water partition coefficient (Wildman–Crippen LogP) is 4.49. The Kier molecular flexibility index (Phi) is 8.94. The van der Waals surface area contributed by atoms with E-state index in [1.165, 1.54) is 61.3 Å². The second-order valence-corrected chi connectivity index (χ2v) is 10.5. The highest BCUT2D eigenvalue weighted by molar-refractivity contribution is 7.92. The molecule has 0 aliphatic rings. The smallest absolute Gasteiger partial charge is 0.264 e. The molecular formula is C25H24Cl2FN3O4S. The van der Waals surface area contributed by atoms with Gasteiger partial charge >= 0.3 is 0 Å². The molecule has 3 aromatic rings. The summed E-state index contributed by atoms with van der Waals surface area (Å²) in [5.74, 6) is -2.01. The van der Waals surface area contributed by atoms with Crippen LogP contribution in [-0.4, -0.2) is 44.8 Å². The van der Waals surface area contributed by atoms with Crippen molar-refractivity contribution in [1.29, 1.82) is 0 Å². The van der Waals surface area contributed by atoms with Crippen LogP contribution in [0, 0.1) is 5.82 Å². The van der Waals surface area contributed by atoms with Crippen molar-refractivity contribution in [2.75, 3.05) is 17.9 Å². The maximum Gasteiger partial charge on any atom is 0.264 e. The van der Waals surface area contributed by atoms with E-state index in [0.29, 0.717) is 14.9 Å². The molecular weight excluding hydrogens is 528 g/mol. The number of rotatable bonds is 9. The van der Waals surface area contributed by atoms with E-state index in [-0.39, 0.29) is 22.2 Å². The summed E-state index contributed by atoms with van der Waals surface area (Å²) in [6.07, 6.45) is 0. The van der Waals surface area contributed by atoms with E-state index in [9.17, 15) is 22.4 Å². The number of para-hydroxylation sites is 1. The van der Waals surface area contributed by atoms with E-state index in [1.54, 1.807) is 24.3 Å². The monoisotopic (exact) mass is 551 g/mol. The highest BCUT2D eigenvalue weighted by Crippen LogP contribution is 2.27. The van der Waals surface area contributed by atoms with Crippen molar-refractivity contribution >= 4 is 50.7 Å². The second kappa shape index (κ2) is 11.7. The Balaban J connectivity index is 2.04. The number of carbonyl (C=O) groups excluding carboxylic acids is 2. The molecule has 0 radical (unpaired) electrons. The lowest BCUT2D eigenvalue weighted by atomic mass is 10.1. The van der Waals surface area contributed by atoms with Gasteiger partial charge in [0.05, 0.1) is 20.6 Å². The first kappa shape index (κ1) is 27.4. The third-order valence-corrected chi connectivity index (χ3v) is 7.99. The molecule has 0 fully saturated rings. The average Bonchev–Trinajstić information content (AvgIpc) is 2.87. The van der Waals surface area contributed by atoms with E-state index >= 15 is 0 Å². The Bertz CT molecular complexity index is 1360. The highest BCUT2D eigenvalue weighted by atomic mass is 35.5. The van der Waals surface area contributed by atoms with Gasteiger partial charge in [0.15, 0.2) is 0 Å². The lowest BCUT2D eigenvalue weighted by Gasteiger charge is -2.32. The number of hydrogen-bond donors (Lipinski definition) is 1. The maximum absolute atomic E-state index is 14.8. The third-order valence-electron chi connectivity index (χ3n) is 5.48. The van der Waals surface area contributed by atoms with Crippen LogP contribution in [0.4, 0.5) is 10.1 Å². The molecule has 11 heteroatoms. The number of hydrogen-bond acceptors (Lipinski definition) is 4. The molecule has 2 amide bonds. The van der Waals surface area contributed by atoms with Gasteiger partial charge in [0.25, 0.3) is 10.0 Å². The summed E-state index contributed by atoms with van der Waals surface area (Å²) < 4.78 is 42.5. The molecule has 0 heterocycles. The zero-order valence-electron chi connectivity index (χ0n) is 19.5. The van der Waals surface area contributed by atoms with Crippen molar-refractivity contribution in [3.63, 3.8) is 0 Å². The number of nitrogens with one attached hydrogen (secondary N) is 1. The number of carbonyl (C=O) groups is 2. The normalized spacial score (nSPS) is 12.0. The minimum absolute atomic E-state index is 0.0686. The van der Waals surface area contributed by atoms with Crippen molar-refractivity contribution in [3.8, 4) is 0 Å². The van der Waals surface area contributed by atoms with E-state index < -0.39 is 40.2 Å².